The number of hydrogen-bond acceptors (Lipinski definition) is 5. The van der Waals surface area contributed by atoms with Gasteiger partial charge in [0.15, 0.2) is 10.3 Å². The molecule has 0 unspecified atom stereocenters. The minimum Gasteiger partial charge on any atom is -0.375 e. The molecule has 1 aromatic carbocycles. The smallest absolute Gasteiger partial charge is 0.188 e. The molecule has 0 aliphatic carbocycles. The molecule has 22 heavy (non-hydrogen) atoms. The summed E-state index contributed by atoms with van der Waals surface area (Å²) >= 11 is 6.33. The number of benzene rings is 1. The van der Waals surface area contributed by atoms with Crippen LogP contribution in [-0.2, 0) is 0 Å². The lowest BCUT2D eigenvalue weighted by molar-refractivity contribution is 0.903. The number of hydrogen-bond donors (Lipinski definition) is 2. The van der Waals surface area contributed by atoms with Gasteiger partial charge in [0.2, 0.25) is 0 Å². The summed E-state index contributed by atoms with van der Waals surface area (Å²) in [4.78, 5) is 8.84. The predicted molar refractivity (Wildman–Crippen MR) is 95.1 cm³/mol. The van der Waals surface area contributed by atoms with E-state index in [9.17, 15) is 0 Å². The summed E-state index contributed by atoms with van der Waals surface area (Å²) in [6.45, 7) is 3.92. The van der Waals surface area contributed by atoms with Crippen LogP contribution in [0, 0.1) is 13.8 Å². The number of thiocarbonyl (C=S) groups is 1. The van der Waals surface area contributed by atoms with Gasteiger partial charge in [0.05, 0.1) is 5.71 Å². The monoisotopic (exact) mass is 331 g/mol. The first-order chi connectivity index (χ1) is 10.5. The first-order valence-corrected chi connectivity index (χ1v) is 8.06. The molecule has 5 nitrogen and oxygen atoms in total. The van der Waals surface area contributed by atoms with Crippen molar-refractivity contribution < 1.29 is 0 Å². The van der Waals surface area contributed by atoms with Crippen molar-refractivity contribution in [3.8, 4) is 0 Å². The van der Waals surface area contributed by atoms with Crippen LogP contribution in [0.15, 0.2) is 46.7 Å². The third-order valence-electron chi connectivity index (χ3n) is 2.71. The fourth-order valence-electron chi connectivity index (χ4n) is 1.82. The Morgan fingerprint density at radius 1 is 1.23 bits per heavy atom. The number of hydrazone groups is 1. The Hall–Kier alpha value is -1.99. The maximum absolute atomic E-state index is 5.45. The fraction of sp³-hybridized carbons (Fsp3) is 0.200. The molecule has 1 heterocycles. The van der Waals surface area contributed by atoms with Gasteiger partial charge in [-0.2, -0.15) is 5.10 Å². The molecule has 1 aromatic heterocycles. The van der Waals surface area contributed by atoms with Crippen LogP contribution in [0.5, 0.6) is 0 Å². The molecule has 7 heteroatoms. The minimum absolute atomic E-state index is 0.140. The van der Waals surface area contributed by atoms with Gasteiger partial charge in [-0.05, 0) is 37.7 Å². The molecule has 2 rings (SSSR count). The Bertz CT molecular complexity index is 665. The van der Waals surface area contributed by atoms with E-state index in [2.05, 4.69) is 20.5 Å². The van der Waals surface area contributed by atoms with Crippen LogP contribution in [0.3, 0.4) is 0 Å². The molecule has 0 spiro atoms. The van der Waals surface area contributed by atoms with Crippen molar-refractivity contribution in [3.05, 3.63) is 53.3 Å². The number of aromatic nitrogens is 2. The maximum atomic E-state index is 5.45. The lowest BCUT2D eigenvalue weighted by Crippen LogP contribution is -2.26. The zero-order valence-corrected chi connectivity index (χ0v) is 14.0. The topological polar surface area (TPSA) is 76.2 Å². The molecule has 0 saturated heterocycles. The Morgan fingerprint density at radius 2 is 1.86 bits per heavy atom. The molecule has 0 aliphatic rings. The van der Waals surface area contributed by atoms with Crippen molar-refractivity contribution in [2.75, 3.05) is 5.75 Å². The van der Waals surface area contributed by atoms with Crippen LogP contribution in [0.1, 0.15) is 17.0 Å². The number of thioether (sulfide) groups is 1. The second kappa shape index (κ2) is 7.86. The second-order valence-electron chi connectivity index (χ2n) is 4.62. The number of nitrogens with two attached hydrogens (primary N) is 1. The van der Waals surface area contributed by atoms with Crippen molar-refractivity contribution in [1.82, 2.24) is 15.4 Å². The highest BCUT2D eigenvalue weighted by atomic mass is 32.2. The molecule has 0 fully saturated rings. The van der Waals surface area contributed by atoms with Crippen molar-refractivity contribution in [1.29, 1.82) is 0 Å². The molecule has 0 amide bonds. The standard InChI is InChI=1S/C15H17N5S2/c1-10-8-11(2)18-15(17-10)22-9-13(19-20-14(16)21)12-6-4-3-5-7-12/h3-8H,9H2,1-2H3,(H3,16,20,21)/b19-13-. The van der Waals surface area contributed by atoms with Crippen LogP contribution in [0.2, 0.25) is 0 Å². The number of nitrogens with zero attached hydrogens (tertiary/aromatic N) is 3. The summed E-state index contributed by atoms with van der Waals surface area (Å²) in [6, 6.07) is 11.8. The highest BCUT2D eigenvalue weighted by Gasteiger charge is 2.07. The minimum atomic E-state index is 0.140. The van der Waals surface area contributed by atoms with E-state index in [1.54, 1.807) is 0 Å². The maximum Gasteiger partial charge on any atom is 0.188 e. The van der Waals surface area contributed by atoms with Crippen molar-refractivity contribution in [2.45, 2.75) is 19.0 Å². The van der Waals surface area contributed by atoms with Gasteiger partial charge >= 0.3 is 0 Å². The first kappa shape index (κ1) is 16.4. The third kappa shape index (κ3) is 5.09. The zero-order valence-electron chi connectivity index (χ0n) is 12.4. The van der Waals surface area contributed by atoms with E-state index in [1.807, 2.05) is 50.2 Å². The average molecular weight is 331 g/mol. The quantitative estimate of drug-likeness (QED) is 0.288. The van der Waals surface area contributed by atoms with E-state index in [4.69, 9.17) is 18.0 Å². The van der Waals surface area contributed by atoms with Gasteiger partial charge in [0, 0.05) is 17.1 Å². The van der Waals surface area contributed by atoms with E-state index in [-0.39, 0.29) is 5.11 Å². The van der Waals surface area contributed by atoms with Crippen LogP contribution < -0.4 is 11.2 Å². The lowest BCUT2D eigenvalue weighted by atomic mass is 10.1. The molecule has 0 aliphatic heterocycles. The van der Waals surface area contributed by atoms with Crippen molar-refractivity contribution in [3.63, 3.8) is 0 Å². The van der Waals surface area contributed by atoms with Gasteiger partial charge in [0.1, 0.15) is 0 Å². The Balaban J connectivity index is 2.16. The molecule has 0 radical (unpaired) electrons. The van der Waals surface area contributed by atoms with Gasteiger partial charge in [-0.1, -0.05) is 42.1 Å². The highest BCUT2D eigenvalue weighted by Crippen LogP contribution is 2.16. The Kier molecular flexibility index (Phi) is 5.85. The van der Waals surface area contributed by atoms with Crippen LogP contribution >= 0.6 is 24.0 Å². The molecule has 3 N–H and O–H groups in total. The van der Waals surface area contributed by atoms with Crippen LogP contribution in [-0.4, -0.2) is 26.5 Å². The molecule has 0 atom stereocenters. The second-order valence-corrected chi connectivity index (χ2v) is 6.00. The lowest BCUT2D eigenvalue weighted by Gasteiger charge is -2.07. The van der Waals surface area contributed by atoms with E-state index >= 15 is 0 Å². The Morgan fingerprint density at radius 3 is 2.45 bits per heavy atom. The largest absolute Gasteiger partial charge is 0.375 e. The normalized spacial score (nSPS) is 11.3. The van der Waals surface area contributed by atoms with Gasteiger partial charge in [-0.25, -0.2) is 9.97 Å². The summed E-state index contributed by atoms with van der Waals surface area (Å²) in [5, 5.41) is 5.15. The fourth-order valence-corrected chi connectivity index (χ4v) is 2.78. The SMILES string of the molecule is Cc1cc(C)nc(SC/C(=N/NC(N)=S)c2ccccc2)n1. The Labute approximate surface area is 139 Å². The van der Waals surface area contributed by atoms with Gasteiger partial charge in [0.25, 0.3) is 0 Å². The van der Waals surface area contributed by atoms with Crippen LogP contribution in [0.25, 0.3) is 0 Å². The molecule has 114 valence electrons. The summed E-state index contributed by atoms with van der Waals surface area (Å²) in [7, 11) is 0. The predicted octanol–water partition coefficient (Wildman–Crippen LogP) is 2.42. The zero-order chi connectivity index (χ0) is 15.9. The van der Waals surface area contributed by atoms with Crippen molar-refractivity contribution >= 4 is 34.8 Å². The summed E-state index contributed by atoms with van der Waals surface area (Å²) in [6.07, 6.45) is 0. The third-order valence-corrected chi connectivity index (χ3v) is 3.66. The highest BCUT2D eigenvalue weighted by molar-refractivity contribution is 7.99. The molecule has 0 bridgehead atoms. The molecule has 2 aromatic rings. The summed E-state index contributed by atoms with van der Waals surface area (Å²) in [5.74, 6) is 0.614. The van der Waals surface area contributed by atoms with E-state index in [0.717, 1.165) is 27.8 Å². The van der Waals surface area contributed by atoms with E-state index < -0.39 is 0 Å². The average Bonchev–Trinajstić information content (AvgIpc) is 2.47. The number of nitrogens with one attached hydrogen (secondary N) is 1. The summed E-state index contributed by atoms with van der Waals surface area (Å²) in [5.41, 5.74) is 11.8. The molecular formula is C15H17N5S2. The van der Waals surface area contributed by atoms with Gasteiger partial charge in [-0.15, -0.1) is 0 Å². The number of aryl methyl sites for hydroxylation is 2. The van der Waals surface area contributed by atoms with Crippen molar-refractivity contribution in [2.24, 2.45) is 10.8 Å². The number of rotatable bonds is 5. The van der Waals surface area contributed by atoms with E-state index in [1.165, 1.54) is 11.8 Å². The van der Waals surface area contributed by atoms with Crippen LogP contribution in [0.4, 0.5) is 0 Å². The van der Waals surface area contributed by atoms with E-state index in [0.29, 0.717) is 5.75 Å². The first-order valence-electron chi connectivity index (χ1n) is 6.67. The van der Waals surface area contributed by atoms with Gasteiger partial charge in [-0.3, -0.25) is 5.43 Å². The molecule has 0 saturated carbocycles. The summed E-state index contributed by atoms with van der Waals surface area (Å²) < 4.78 is 0. The molecular weight excluding hydrogens is 314 g/mol. The van der Waals surface area contributed by atoms with Gasteiger partial charge < -0.3 is 5.73 Å².